The highest BCUT2D eigenvalue weighted by molar-refractivity contribution is 8.04. The lowest BCUT2D eigenvalue weighted by Gasteiger charge is -2.53. The second-order valence-electron chi connectivity index (χ2n) is 10.5. The Morgan fingerprint density at radius 3 is 2.18 bits per heavy atom. The van der Waals surface area contributed by atoms with Gasteiger partial charge in [0.05, 0.1) is 6.42 Å². The van der Waals surface area contributed by atoms with Crippen molar-refractivity contribution in [2.24, 2.45) is 7.05 Å². The average Bonchev–Trinajstić information content (AvgIpc) is 3.46. The van der Waals surface area contributed by atoms with Gasteiger partial charge in [0.25, 0.3) is 0 Å². The predicted octanol–water partition coefficient (Wildman–Crippen LogP) is 3.92. The molecule has 2 unspecified atom stereocenters. The monoisotopic (exact) mass is 626 g/mol. The first kappa shape index (κ1) is 29.6. The van der Waals surface area contributed by atoms with E-state index in [0.717, 1.165) is 27.2 Å². The van der Waals surface area contributed by atoms with Crippen molar-refractivity contribution in [3.63, 3.8) is 0 Å². The Balaban J connectivity index is 1.28. The fourth-order valence-corrected chi connectivity index (χ4v) is 7.75. The number of aryl methyl sites for hydroxylation is 1. The van der Waals surface area contributed by atoms with Crippen LogP contribution in [0.3, 0.4) is 0 Å². The molecule has 0 saturated carbocycles. The van der Waals surface area contributed by atoms with Crippen molar-refractivity contribution in [2.75, 3.05) is 5.75 Å². The molecule has 2 amide bonds. The number of β-lactam (4-membered cyclic amide) rings is 1. The van der Waals surface area contributed by atoms with Crippen LogP contribution in [-0.4, -0.2) is 66.1 Å². The summed E-state index contributed by atoms with van der Waals surface area (Å²) >= 11 is 2.85. The molecule has 12 heteroatoms. The zero-order valence-corrected chi connectivity index (χ0v) is 25.7. The molecule has 3 heterocycles. The van der Waals surface area contributed by atoms with Gasteiger partial charge >= 0.3 is 5.97 Å². The highest BCUT2D eigenvalue weighted by atomic mass is 32.2. The van der Waals surface area contributed by atoms with Crippen LogP contribution in [0.5, 0.6) is 0 Å². The number of fused-ring (bicyclic) bond motifs is 1. The lowest BCUT2D eigenvalue weighted by atomic mass is 9.96. The number of carbonyl (C=O) groups is 3. The molecule has 0 bridgehead atoms. The molecule has 1 saturated heterocycles. The third-order valence-electron chi connectivity index (χ3n) is 7.56. The number of tetrazole rings is 1. The van der Waals surface area contributed by atoms with Crippen molar-refractivity contribution in [1.29, 1.82) is 0 Å². The Hall–Kier alpha value is -4.42. The number of allylic oxidation sites excluding steroid dienone is 1. The zero-order chi connectivity index (χ0) is 30.6. The van der Waals surface area contributed by atoms with E-state index in [4.69, 9.17) is 4.74 Å². The van der Waals surface area contributed by atoms with Crippen molar-refractivity contribution in [1.82, 2.24) is 30.4 Å². The van der Waals surface area contributed by atoms with E-state index in [2.05, 4.69) is 20.8 Å². The third-order valence-corrected chi connectivity index (χ3v) is 9.98. The Morgan fingerprint density at radius 2 is 1.59 bits per heavy atom. The van der Waals surface area contributed by atoms with Crippen LogP contribution in [0.1, 0.15) is 29.7 Å². The van der Waals surface area contributed by atoms with Gasteiger partial charge in [0.1, 0.15) is 11.4 Å². The van der Waals surface area contributed by atoms with Gasteiger partial charge in [-0.05, 0) is 44.5 Å². The van der Waals surface area contributed by atoms with Crippen molar-refractivity contribution in [2.45, 2.75) is 42.1 Å². The number of nitrogens with one attached hydrogen (secondary N) is 1. The summed E-state index contributed by atoms with van der Waals surface area (Å²) < 4.78 is 7.84. The van der Waals surface area contributed by atoms with Gasteiger partial charge < -0.3 is 15.0 Å². The van der Waals surface area contributed by atoms with E-state index in [9.17, 15) is 14.4 Å². The van der Waals surface area contributed by atoms with Gasteiger partial charge in [-0.2, -0.15) is 0 Å². The summed E-state index contributed by atoms with van der Waals surface area (Å²) in [5, 5.41) is 14.7. The fourth-order valence-electron chi connectivity index (χ4n) is 5.33. The first-order valence-electron chi connectivity index (χ1n) is 14.1. The number of carbonyl (C=O) groups excluding carboxylic acids is 3. The van der Waals surface area contributed by atoms with Crippen LogP contribution in [0.25, 0.3) is 0 Å². The summed E-state index contributed by atoms with van der Waals surface area (Å²) in [5.74, 6) is -0.742. The molecule has 1 fully saturated rings. The minimum atomic E-state index is -0.973. The normalized spacial score (nSPS) is 19.4. The summed E-state index contributed by atoms with van der Waals surface area (Å²) in [6, 6.07) is 26.7. The summed E-state index contributed by atoms with van der Waals surface area (Å²) in [6.07, 6.45) is -0.515. The maximum absolute atomic E-state index is 14.2. The molecule has 1 N–H and O–H groups in total. The van der Waals surface area contributed by atoms with Crippen LogP contribution < -0.4 is 5.32 Å². The topological polar surface area (TPSA) is 119 Å². The molecule has 3 aromatic carbocycles. The highest BCUT2D eigenvalue weighted by Gasteiger charge is 2.57. The van der Waals surface area contributed by atoms with E-state index in [1.807, 2.05) is 97.9 Å². The maximum atomic E-state index is 14.2. The number of nitrogens with zero attached hydrogens (tertiary/aromatic N) is 5. The predicted molar refractivity (Wildman–Crippen MR) is 167 cm³/mol. The second-order valence-corrected chi connectivity index (χ2v) is 12.7. The minimum absolute atomic E-state index is 0.158. The maximum Gasteiger partial charge on any atom is 0.334 e. The molecule has 6 rings (SSSR count). The van der Waals surface area contributed by atoms with Crippen LogP contribution in [0.2, 0.25) is 0 Å². The van der Waals surface area contributed by atoms with E-state index in [1.54, 1.807) is 16.6 Å². The number of amides is 2. The molecular weight excluding hydrogens is 597 g/mol. The minimum Gasteiger partial charge on any atom is -0.451 e. The molecular formula is C32H30N6O4S2. The number of rotatable bonds is 10. The molecule has 0 spiro atoms. The van der Waals surface area contributed by atoms with Crippen LogP contribution >= 0.6 is 23.5 Å². The Labute approximate surface area is 263 Å². The van der Waals surface area contributed by atoms with Crippen molar-refractivity contribution >= 4 is 41.3 Å². The van der Waals surface area contributed by atoms with E-state index in [-0.39, 0.29) is 18.2 Å². The van der Waals surface area contributed by atoms with Crippen LogP contribution in [0.15, 0.2) is 107 Å². The number of hydrogen-bond acceptors (Lipinski definition) is 9. The van der Waals surface area contributed by atoms with E-state index >= 15 is 0 Å². The van der Waals surface area contributed by atoms with Crippen LogP contribution in [0.4, 0.5) is 0 Å². The van der Waals surface area contributed by atoms with Gasteiger partial charge in [-0.25, -0.2) is 9.48 Å². The van der Waals surface area contributed by atoms with Crippen LogP contribution in [0, 0.1) is 0 Å². The summed E-state index contributed by atoms with van der Waals surface area (Å²) in [7, 11) is 1.74. The lowest BCUT2D eigenvalue weighted by Crippen LogP contribution is -2.74. The SMILES string of the molecule is CC1=C(CSc2nnnn2C)C(C(=O)OC(c2ccccc2)c2ccccc2)N2C(=O)C(NC(=O)Cc3ccccc3)[C@H]2S1. The zero-order valence-electron chi connectivity index (χ0n) is 24.1. The lowest BCUT2D eigenvalue weighted by molar-refractivity contribution is -0.165. The molecule has 44 heavy (non-hydrogen) atoms. The number of esters is 1. The van der Waals surface area contributed by atoms with Gasteiger partial charge in [0, 0.05) is 12.8 Å². The number of hydrogen-bond donors (Lipinski definition) is 1. The third kappa shape index (κ3) is 6.13. The Bertz CT molecular complexity index is 1640. The summed E-state index contributed by atoms with van der Waals surface area (Å²) in [4.78, 5) is 43.3. The fraction of sp³-hybridized carbons (Fsp3) is 0.250. The molecule has 3 atom stereocenters. The van der Waals surface area contributed by atoms with E-state index < -0.39 is 29.5 Å². The molecule has 0 radical (unpaired) electrons. The Morgan fingerprint density at radius 1 is 0.977 bits per heavy atom. The molecule has 2 aliphatic heterocycles. The van der Waals surface area contributed by atoms with E-state index in [0.29, 0.717) is 10.9 Å². The van der Waals surface area contributed by atoms with Crippen molar-refractivity contribution in [3.8, 4) is 0 Å². The number of ether oxygens (including phenoxy) is 1. The molecule has 4 aromatic rings. The number of thioether (sulfide) groups is 2. The first-order chi connectivity index (χ1) is 21.4. The number of benzene rings is 3. The molecule has 224 valence electrons. The van der Waals surface area contributed by atoms with Gasteiger partial charge in [-0.1, -0.05) is 103 Å². The quantitative estimate of drug-likeness (QED) is 0.159. The van der Waals surface area contributed by atoms with Gasteiger partial charge in [0.15, 0.2) is 12.1 Å². The standard InChI is InChI=1S/C32H30N6O4S2/c1-20-24(19-43-32-34-35-36-37(32)2)27(31(41)42-28(22-14-8-4-9-15-22)23-16-10-5-11-17-23)38-29(40)26(30(38)44-20)33-25(39)18-21-12-6-3-7-13-21/h3-17,26-28,30H,18-19H2,1-2H3,(H,33,39)/t26?,27?,30-/m1/s1. The number of aromatic nitrogens is 4. The summed E-state index contributed by atoms with van der Waals surface area (Å²) in [6.45, 7) is 1.94. The first-order valence-corrected chi connectivity index (χ1v) is 15.9. The molecule has 0 aliphatic carbocycles. The van der Waals surface area contributed by atoms with Gasteiger partial charge in [-0.15, -0.1) is 16.9 Å². The largest absolute Gasteiger partial charge is 0.451 e. The van der Waals surface area contributed by atoms with E-state index in [1.165, 1.54) is 23.5 Å². The van der Waals surface area contributed by atoms with Gasteiger partial charge in [-0.3, -0.25) is 9.59 Å². The smallest absolute Gasteiger partial charge is 0.334 e. The second kappa shape index (κ2) is 13.1. The Kier molecular flexibility index (Phi) is 8.80. The van der Waals surface area contributed by atoms with Gasteiger partial charge in [0.2, 0.25) is 17.0 Å². The van der Waals surface area contributed by atoms with Crippen molar-refractivity contribution in [3.05, 3.63) is 118 Å². The summed E-state index contributed by atoms with van der Waals surface area (Å²) in [5.41, 5.74) is 3.23. The highest BCUT2D eigenvalue weighted by Crippen LogP contribution is 2.46. The van der Waals surface area contributed by atoms with Crippen LogP contribution in [-0.2, 0) is 32.6 Å². The van der Waals surface area contributed by atoms with Crippen molar-refractivity contribution < 1.29 is 19.1 Å². The molecule has 10 nitrogen and oxygen atoms in total. The molecule has 2 aliphatic rings. The molecule has 1 aromatic heterocycles. The average molecular weight is 627 g/mol.